The second-order valence-corrected chi connectivity index (χ2v) is 7.48. The van der Waals surface area contributed by atoms with Gasteiger partial charge in [0.05, 0.1) is 22.8 Å². The van der Waals surface area contributed by atoms with E-state index in [-0.39, 0.29) is 28.3 Å². The molecule has 10 heteroatoms. The van der Waals surface area contributed by atoms with Crippen LogP contribution in [0.4, 0.5) is 13.2 Å². The zero-order chi connectivity index (χ0) is 23.2. The fourth-order valence-electron chi connectivity index (χ4n) is 2.81. The normalized spacial score (nSPS) is 12.8. The molecule has 0 N–H and O–H groups in total. The molecule has 0 saturated carbocycles. The SMILES string of the molecule is CCOC(=O)C=c1sc(=Cc2ccc(C(F)(F)F)cc2)c(=O)n1CC(=O)N(CC)CC. The van der Waals surface area contributed by atoms with Crippen molar-refractivity contribution < 1.29 is 27.5 Å². The number of benzene rings is 1. The van der Waals surface area contributed by atoms with Gasteiger partial charge in [-0.25, -0.2) is 4.79 Å². The van der Waals surface area contributed by atoms with Crippen LogP contribution in [-0.2, 0) is 27.0 Å². The zero-order valence-electron chi connectivity index (χ0n) is 17.4. The fourth-order valence-corrected chi connectivity index (χ4v) is 3.84. The van der Waals surface area contributed by atoms with Crippen LogP contribution in [0.15, 0.2) is 29.1 Å². The van der Waals surface area contributed by atoms with Gasteiger partial charge < -0.3 is 9.64 Å². The lowest BCUT2D eigenvalue weighted by atomic mass is 10.1. The van der Waals surface area contributed by atoms with Crippen LogP contribution in [0.5, 0.6) is 0 Å². The number of carbonyl (C=O) groups is 2. The number of likely N-dealkylation sites (N-methyl/N-ethyl adjacent to an activating group) is 1. The van der Waals surface area contributed by atoms with E-state index in [0.717, 1.165) is 29.5 Å². The molecule has 0 aliphatic rings. The van der Waals surface area contributed by atoms with Gasteiger partial charge in [0.25, 0.3) is 5.56 Å². The van der Waals surface area contributed by atoms with Crippen molar-refractivity contribution in [3.8, 4) is 0 Å². The molecule has 0 aliphatic heterocycles. The molecule has 0 saturated heterocycles. The Hall–Kier alpha value is -2.88. The van der Waals surface area contributed by atoms with Crippen LogP contribution in [0.2, 0.25) is 0 Å². The molecule has 1 amide bonds. The van der Waals surface area contributed by atoms with E-state index in [4.69, 9.17) is 4.74 Å². The number of hydrogen-bond acceptors (Lipinski definition) is 5. The standard InChI is InChI=1S/C21H23F3N2O4S/c1-4-25(5-2)17(27)13-26-18(12-19(28)30-6-3)31-16(20(26)29)11-14-7-9-15(10-8-14)21(22,23)24/h7-12H,4-6,13H2,1-3H3. The summed E-state index contributed by atoms with van der Waals surface area (Å²) in [5, 5.41) is 0. The highest BCUT2D eigenvalue weighted by Crippen LogP contribution is 2.29. The Balaban J connectivity index is 2.55. The van der Waals surface area contributed by atoms with E-state index in [1.54, 1.807) is 11.8 Å². The Labute approximate surface area is 180 Å². The van der Waals surface area contributed by atoms with Crippen LogP contribution in [0, 0.1) is 0 Å². The molecule has 0 spiro atoms. The van der Waals surface area contributed by atoms with Crippen molar-refractivity contribution >= 4 is 35.4 Å². The van der Waals surface area contributed by atoms with Gasteiger partial charge in [-0.1, -0.05) is 12.1 Å². The minimum Gasteiger partial charge on any atom is -0.463 e. The number of halogens is 3. The number of carbonyl (C=O) groups excluding carboxylic acids is 2. The molecule has 0 atom stereocenters. The van der Waals surface area contributed by atoms with Crippen molar-refractivity contribution in [3.63, 3.8) is 0 Å². The summed E-state index contributed by atoms with van der Waals surface area (Å²) >= 11 is 0.959. The third kappa shape index (κ3) is 6.30. The van der Waals surface area contributed by atoms with Gasteiger partial charge in [-0.3, -0.25) is 14.2 Å². The van der Waals surface area contributed by atoms with Crippen molar-refractivity contribution in [1.29, 1.82) is 0 Å². The minimum absolute atomic E-state index is 0.147. The fraction of sp³-hybridized carbons (Fsp3) is 0.381. The number of ether oxygens (including phenoxy) is 1. The summed E-state index contributed by atoms with van der Waals surface area (Å²) in [6.07, 6.45) is -1.90. The maximum absolute atomic E-state index is 12.9. The molecular formula is C21H23F3N2O4S. The summed E-state index contributed by atoms with van der Waals surface area (Å²) in [6, 6.07) is 4.35. The molecule has 2 aromatic rings. The Morgan fingerprint density at radius 1 is 1.13 bits per heavy atom. The van der Waals surface area contributed by atoms with Gasteiger partial charge >= 0.3 is 12.1 Å². The molecule has 1 aromatic heterocycles. The number of hydrogen-bond donors (Lipinski definition) is 0. The van der Waals surface area contributed by atoms with Crippen LogP contribution >= 0.6 is 11.3 Å². The Morgan fingerprint density at radius 3 is 2.26 bits per heavy atom. The Bertz CT molecular complexity index is 1100. The quantitative estimate of drug-likeness (QED) is 0.598. The van der Waals surface area contributed by atoms with E-state index in [1.165, 1.54) is 22.8 Å². The number of thiazole rings is 1. The van der Waals surface area contributed by atoms with Crippen LogP contribution in [0.3, 0.4) is 0 Å². The molecule has 31 heavy (non-hydrogen) atoms. The molecule has 168 valence electrons. The molecule has 0 bridgehead atoms. The van der Waals surface area contributed by atoms with Crippen molar-refractivity contribution in [2.45, 2.75) is 33.5 Å². The summed E-state index contributed by atoms with van der Waals surface area (Å²) in [4.78, 5) is 38.9. The molecule has 0 fully saturated rings. The van der Waals surface area contributed by atoms with Crippen molar-refractivity contribution in [3.05, 3.63) is 54.9 Å². The van der Waals surface area contributed by atoms with E-state index in [0.29, 0.717) is 18.7 Å². The highest BCUT2D eigenvalue weighted by molar-refractivity contribution is 7.07. The highest BCUT2D eigenvalue weighted by Gasteiger charge is 2.29. The van der Waals surface area contributed by atoms with E-state index < -0.39 is 23.3 Å². The molecule has 0 aliphatic carbocycles. The van der Waals surface area contributed by atoms with Gasteiger partial charge in [-0.2, -0.15) is 13.2 Å². The van der Waals surface area contributed by atoms with Gasteiger partial charge in [0.2, 0.25) is 5.91 Å². The monoisotopic (exact) mass is 456 g/mol. The van der Waals surface area contributed by atoms with Gasteiger partial charge in [0.15, 0.2) is 0 Å². The molecule has 0 radical (unpaired) electrons. The van der Waals surface area contributed by atoms with Crippen LogP contribution in [0.25, 0.3) is 12.2 Å². The van der Waals surface area contributed by atoms with Crippen molar-refractivity contribution in [2.24, 2.45) is 0 Å². The second-order valence-electron chi connectivity index (χ2n) is 6.42. The van der Waals surface area contributed by atoms with Gasteiger partial charge in [-0.05, 0) is 44.5 Å². The lowest BCUT2D eigenvalue weighted by Crippen LogP contribution is -2.40. The maximum atomic E-state index is 12.9. The number of alkyl halides is 3. The predicted molar refractivity (Wildman–Crippen MR) is 112 cm³/mol. The zero-order valence-corrected chi connectivity index (χ0v) is 18.2. The number of nitrogens with zero attached hydrogens (tertiary/aromatic N) is 2. The first-order chi connectivity index (χ1) is 14.6. The summed E-state index contributed by atoms with van der Waals surface area (Å²) in [7, 11) is 0. The predicted octanol–water partition coefficient (Wildman–Crippen LogP) is 1.97. The molecule has 1 heterocycles. The van der Waals surface area contributed by atoms with Crippen molar-refractivity contribution in [1.82, 2.24) is 9.47 Å². The summed E-state index contributed by atoms with van der Waals surface area (Å²) < 4.78 is 44.7. The van der Waals surface area contributed by atoms with Crippen LogP contribution < -0.4 is 14.8 Å². The van der Waals surface area contributed by atoms with Crippen LogP contribution in [0.1, 0.15) is 31.9 Å². The van der Waals surface area contributed by atoms with E-state index in [9.17, 15) is 27.6 Å². The van der Waals surface area contributed by atoms with Gasteiger partial charge in [-0.15, -0.1) is 11.3 Å². The number of amides is 1. The summed E-state index contributed by atoms with van der Waals surface area (Å²) in [6.45, 7) is 6.09. The van der Waals surface area contributed by atoms with Crippen LogP contribution in [-0.4, -0.2) is 41.0 Å². The van der Waals surface area contributed by atoms with E-state index in [1.807, 2.05) is 13.8 Å². The summed E-state index contributed by atoms with van der Waals surface area (Å²) in [5.41, 5.74) is -0.924. The molecule has 6 nitrogen and oxygen atoms in total. The summed E-state index contributed by atoms with van der Waals surface area (Å²) in [5.74, 6) is -0.946. The van der Waals surface area contributed by atoms with Gasteiger partial charge in [0, 0.05) is 13.1 Å². The largest absolute Gasteiger partial charge is 0.463 e. The number of aromatic nitrogens is 1. The molecule has 1 aromatic carbocycles. The van der Waals surface area contributed by atoms with Gasteiger partial charge in [0.1, 0.15) is 11.2 Å². The second kappa shape index (κ2) is 10.4. The van der Waals surface area contributed by atoms with E-state index in [2.05, 4.69) is 0 Å². The first-order valence-corrected chi connectivity index (χ1v) is 10.5. The lowest BCUT2D eigenvalue weighted by Gasteiger charge is -2.18. The lowest BCUT2D eigenvalue weighted by molar-refractivity contribution is -0.137. The number of rotatable bonds is 7. The first kappa shape index (κ1) is 24.4. The highest BCUT2D eigenvalue weighted by atomic mass is 32.1. The molecule has 2 rings (SSSR count). The first-order valence-electron chi connectivity index (χ1n) is 9.65. The molecule has 0 unspecified atom stereocenters. The maximum Gasteiger partial charge on any atom is 0.416 e. The van der Waals surface area contributed by atoms with E-state index >= 15 is 0 Å². The third-order valence-corrected chi connectivity index (χ3v) is 5.47. The average Bonchev–Trinajstić information content (AvgIpc) is 2.97. The molecular weight excluding hydrogens is 433 g/mol. The third-order valence-electron chi connectivity index (χ3n) is 4.41. The topological polar surface area (TPSA) is 68.6 Å². The van der Waals surface area contributed by atoms with Crippen molar-refractivity contribution in [2.75, 3.05) is 19.7 Å². The minimum atomic E-state index is -4.46. The Kier molecular flexibility index (Phi) is 8.21. The smallest absolute Gasteiger partial charge is 0.416 e. The number of esters is 1. The average molecular weight is 456 g/mol. The Morgan fingerprint density at radius 2 is 1.74 bits per heavy atom.